The fourth-order valence-corrected chi connectivity index (χ4v) is 3.89. The maximum absolute atomic E-state index is 11.9. The summed E-state index contributed by atoms with van der Waals surface area (Å²) in [5.41, 5.74) is 0. The largest absolute Gasteiger partial charge is 0.352 e. The molecule has 1 aliphatic carbocycles. The van der Waals surface area contributed by atoms with Gasteiger partial charge in [-0.1, -0.05) is 35.9 Å². The van der Waals surface area contributed by atoms with Crippen LogP contribution in [0.2, 0.25) is 0 Å². The highest BCUT2D eigenvalue weighted by Crippen LogP contribution is 2.26. The molecule has 0 radical (unpaired) electrons. The molecule has 4 nitrogen and oxygen atoms in total. The summed E-state index contributed by atoms with van der Waals surface area (Å²) < 4.78 is 0.872. The molecule has 0 aromatic carbocycles. The first kappa shape index (κ1) is 12.8. The number of nitrogens with one attached hydrogen (secondary N) is 1. The van der Waals surface area contributed by atoms with E-state index in [2.05, 4.69) is 15.5 Å². The molecule has 0 saturated heterocycles. The zero-order valence-corrected chi connectivity index (χ0v) is 11.7. The molecule has 1 fully saturated rings. The molecular formula is C11H17N3OS2. The quantitative estimate of drug-likeness (QED) is 0.854. The molecule has 1 heterocycles. The summed E-state index contributed by atoms with van der Waals surface area (Å²) >= 11 is 3.03. The molecule has 6 heteroatoms. The standard InChI is InChI=1S/C11H17N3OS2/c1-7(16-11-14-13-8(2)17-11)10(15)12-9-5-3-4-6-9/h7,9H,3-6H2,1-2H3,(H,12,15). The fourth-order valence-electron chi connectivity index (χ4n) is 1.92. The van der Waals surface area contributed by atoms with E-state index in [1.165, 1.54) is 35.9 Å². The molecule has 1 amide bonds. The summed E-state index contributed by atoms with van der Waals surface area (Å²) in [6.07, 6.45) is 4.73. The Bertz CT molecular complexity index is 388. The summed E-state index contributed by atoms with van der Waals surface area (Å²) in [5.74, 6) is 0.120. The third kappa shape index (κ3) is 3.67. The molecule has 1 aromatic heterocycles. The molecule has 94 valence electrons. The summed E-state index contributed by atoms with van der Waals surface area (Å²) in [6, 6.07) is 0.390. The Kier molecular flexibility index (Phi) is 4.39. The Morgan fingerprint density at radius 2 is 2.18 bits per heavy atom. The third-order valence-corrected chi connectivity index (χ3v) is 4.88. The lowest BCUT2D eigenvalue weighted by Gasteiger charge is -2.15. The van der Waals surface area contributed by atoms with Crippen LogP contribution in [0.3, 0.4) is 0 Å². The maximum atomic E-state index is 11.9. The Morgan fingerprint density at radius 1 is 1.47 bits per heavy atom. The van der Waals surface area contributed by atoms with E-state index in [1.54, 1.807) is 0 Å². The Morgan fingerprint density at radius 3 is 2.76 bits per heavy atom. The molecule has 1 unspecified atom stereocenters. The van der Waals surface area contributed by atoms with Gasteiger partial charge >= 0.3 is 0 Å². The number of hydrogen-bond donors (Lipinski definition) is 1. The summed E-state index contributed by atoms with van der Waals surface area (Å²) in [4.78, 5) is 11.9. The number of nitrogens with zero attached hydrogens (tertiary/aromatic N) is 2. The van der Waals surface area contributed by atoms with Gasteiger partial charge in [0.05, 0.1) is 5.25 Å². The molecule has 17 heavy (non-hydrogen) atoms. The van der Waals surface area contributed by atoms with Crippen molar-refractivity contribution in [2.45, 2.75) is 55.2 Å². The van der Waals surface area contributed by atoms with Gasteiger partial charge in [0.15, 0.2) is 4.34 Å². The molecule has 2 rings (SSSR count). The van der Waals surface area contributed by atoms with Crippen molar-refractivity contribution in [2.75, 3.05) is 0 Å². The van der Waals surface area contributed by atoms with Crippen LogP contribution >= 0.6 is 23.1 Å². The van der Waals surface area contributed by atoms with Gasteiger partial charge in [-0.15, -0.1) is 10.2 Å². The summed E-state index contributed by atoms with van der Waals surface area (Å²) in [5, 5.41) is 11.9. The van der Waals surface area contributed by atoms with Crippen molar-refractivity contribution in [3.63, 3.8) is 0 Å². The van der Waals surface area contributed by atoms with Gasteiger partial charge in [-0.25, -0.2) is 0 Å². The summed E-state index contributed by atoms with van der Waals surface area (Å²) in [7, 11) is 0. The Labute approximate surface area is 110 Å². The van der Waals surface area contributed by atoms with Crippen LogP contribution in [0.15, 0.2) is 4.34 Å². The highest BCUT2D eigenvalue weighted by atomic mass is 32.2. The molecule has 1 aliphatic rings. The van der Waals surface area contributed by atoms with Crippen molar-refractivity contribution in [1.29, 1.82) is 0 Å². The second-order valence-corrected chi connectivity index (χ2v) is 7.11. The van der Waals surface area contributed by atoms with Crippen molar-refractivity contribution >= 4 is 29.0 Å². The number of carbonyl (C=O) groups is 1. The van der Waals surface area contributed by atoms with Gasteiger partial charge in [0, 0.05) is 6.04 Å². The smallest absolute Gasteiger partial charge is 0.233 e. The van der Waals surface area contributed by atoms with E-state index in [4.69, 9.17) is 0 Å². The number of aromatic nitrogens is 2. The van der Waals surface area contributed by atoms with Gasteiger partial charge in [0.2, 0.25) is 5.91 Å². The van der Waals surface area contributed by atoms with Crippen molar-refractivity contribution in [3.05, 3.63) is 5.01 Å². The van der Waals surface area contributed by atoms with Crippen LogP contribution in [0.5, 0.6) is 0 Å². The van der Waals surface area contributed by atoms with E-state index in [1.807, 2.05) is 13.8 Å². The fraction of sp³-hybridized carbons (Fsp3) is 0.727. The molecule has 0 aliphatic heterocycles. The van der Waals surface area contributed by atoms with Gasteiger partial charge in [0.25, 0.3) is 0 Å². The van der Waals surface area contributed by atoms with E-state index in [0.29, 0.717) is 6.04 Å². The first-order valence-corrected chi connectivity index (χ1v) is 7.62. The minimum atomic E-state index is -0.0945. The first-order valence-electron chi connectivity index (χ1n) is 5.92. The van der Waals surface area contributed by atoms with E-state index in [0.717, 1.165) is 22.2 Å². The molecule has 1 saturated carbocycles. The van der Waals surface area contributed by atoms with Crippen molar-refractivity contribution in [1.82, 2.24) is 15.5 Å². The minimum Gasteiger partial charge on any atom is -0.352 e. The lowest BCUT2D eigenvalue weighted by molar-refractivity contribution is -0.120. The number of amides is 1. The molecule has 0 bridgehead atoms. The van der Waals surface area contributed by atoms with Crippen LogP contribution in [-0.4, -0.2) is 27.4 Å². The predicted octanol–water partition coefficient (Wildman–Crippen LogP) is 2.39. The average Bonchev–Trinajstić information content (AvgIpc) is 2.90. The van der Waals surface area contributed by atoms with Gasteiger partial charge in [-0.05, 0) is 26.7 Å². The normalized spacial score (nSPS) is 18.2. The zero-order chi connectivity index (χ0) is 12.3. The number of aryl methyl sites for hydroxylation is 1. The number of rotatable bonds is 4. The average molecular weight is 271 g/mol. The van der Waals surface area contributed by atoms with Crippen LogP contribution in [0.1, 0.15) is 37.6 Å². The van der Waals surface area contributed by atoms with Crippen LogP contribution < -0.4 is 5.32 Å². The van der Waals surface area contributed by atoms with Crippen LogP contribution in [0.4, 0.5) is 0 Å². The highest BCUT2D eigenvalue weighted by Gasteiger charge is 2.22. The molecule has 1 N–H and O–H groups in total. The van der Waals surface area contributed by atoms with Crippen LogP contribution in [0.25, 0.3) is 0 Å². The van der Waals surface area contributed by atoms with E-state index in [-0.39, 0.29) is 11.2 Å². The monoisotopic (exact) mass is 271 g/mol. The SMILES string of the molecule is Cc1nnc(SC(C)C(=O)NC2CCCC2)s1. The number of carbonyl (C=O) groups excluding carboxylic acids is 1. The topological polar surface area (TPSA) is 54.9 Å². The van der Waals surface area contributed by atoms with Crippen LogP contribution in [-0.2, 0) is 4.79 Å². The van der Waals surface area contributed by atoms with E-state index in [9.17, 15) is 4.79 Å². The third-order valence-electron chi connectivity index (χ3n) is 2.86. The maximum Gasteiger partial charge on any atom is 0.233 e. The van der Waals surface area contributed by atoms with Gasteiger partial charge in [-0.2, -0.15) is 0 Å². The van der Waals surface area contributed by atoms with Crippen LogP contribution in [0, 0.1) is 6.92 Å². The second kappa shape index (κ2) is 5.82. The predicted molar refractivity (Wildman–Crippen MR) is 70.4 cm³/mol. The number of thioether (sulfide) groups is 1. The lowest BCUT2D eigenvalue weighted by Crippen LogP contribution is -2.37. The van der Waals surface area contributed by atoms with E-state index < -0.39 is 0 Å². The lowest BCUT2D eigenvalue weighted by atomic mass is 10.2. The Hall–Kier alpha value is -0.620. The first-order chi connectivity index (χ1) is 8.15. The van der Waals surface area contributed by atoms with Crippen molar-refractivity contribution in [2.24, 2.45) is 0 Å². The number of hydrogen-bond acceptors (Lipinski definition) is 5. The Balaban J connectivity index is 1.82. The molecule has 0 spiro atoms. The van der Waals surface area contributed by atoms with Gasteiger partial charge in [0.1, 0.15) is 5.01 Å². The zero-order valence-electron chi connectivity index (χ0n) is 10.1. The van der Waals surface area contributed by atoms with E-state index >= 15 is 0 Å². The second-order valence-electron chi connectivity index (χ2n) is 4.34. The van der Waals surface area contributed by atoms with Crippen molar-refractivity contribution in [3.8, 4) is 0 Å². The van der Waals surface area contributed by atoms with Crippen molar-refractivity contribution < 1.29 is 4.79 Å². The molecule has 1 aromatic rings. The molecular weight excluding hydrogens is 254 g/mol. The van der Waals surface area contributed by atoms with Gasteiger partial charge < -0.3 is 5.32 Å². The molecule has 1 atom stereocenters. The summed E-state index contributed by atoms with van der Waals surface area (Å²) in [6.45, 7) is 3.84. The highest BCUT2D eigenvalue weighted by molar-refractivity contribution is 8.02. The minimum absolute atomic E-state index is 0.0945. The van der Waals surface area contributed by atoms with Gasteiger partial charge in [-0.3, -0.25) is 4.79 Å².